The first kappa shape index (κ1) is 21.5. The fraction of sp³-hybridized carbons (Fsp3) is 0.480. The van der Waals surface area contributed by atoms with Crippen LogP contribution in [0.4, 0.5) is 0 Å². The van der Waals surface area contributed by atoms with Crippen molar-refractivity contribution >= 4 is 16.9 Å². The zero-order chi connectivity index (χ0) is 22.0. The van der Waals surface area contributed by atoms with Crippen LogP contribution in [-0.4, -0.2) is 45.2 Å². The van der Waals surface area contributed by atoms with Gasteiger partial charge in [-0.2, -0.15) is 5.10 Å². The van der Waals surface area contributed by atoms with E-state index in [-0.39, 0.29) is 11.9 Å². The molecule has 164 valence electrons. The molecule has 0 radical (unpaired) electrons. The third kappa shape index (κ3) is 4.96. The van der Waals surface area contributed by atoms with Crippen molar-refractivity contribution in [3.8, 4) is 0 Å². The molecule has 1 aliphatic heterocycles. The van der Waals surface area contributed by atoms with Gasteiger partial charge in [-0.3, -0.25) is 9.69 Å². The van der Waals surface area contributed by atoms with Crippen LogP contribution in [0.15, 0.2) is 36.5 Å². The second kappa shape index (κ2) is 9.18. The number of aryl methyl sites for hydroxylation is 2. The van der Waals surface area contributed by atoms with Gasteiger partial charge in [-0.05, 0) is 71.2 Å². The van der Waals surface area contributed by atoms with Gasteiger partial charge in [-0.1, -0.05) is 29.8 Å². The fourth-order valence-electron chi connectivity index (χ4n) is 4.34. The first-order valence-electron chi connectivity index (χ1n) is 11.3. The van der Waals surface area contributed by atoms with Gasteiger partial charge in [0.1, 0.15) is 0 Å². The summed E-state index contributed by atoms with van der Waals surface area (Å²) in [6.07, 6.45) is 3.99. The normalized spacial score (nSPS) is 15.6. The van der Waals surface area contributed by atoms with Gasteiger partial charge in [0.15, 0.2) is 5.65 Å². The van der Waals surface area contributed by atoms with Crippen molar-refractivity contribution in [1.82, 2.24) is 25.0 Å². The first-order chi connectivity index (χ1) is 14.9. The van der Waals surface area contributed by atoms with E-state index in [4.69, 9.17) is 0 Å². The number of piperidine rings is 1. The highest BCUT2D eigenvalue weighted by Crippen LogP contribution is 2.22. The molecule has 1 N–H and O–H groups in total. The average Bonchev–Trinajstić information content (AvgIpc) is 3.18. The Labute approximate surface area is 184 Å². The summed E-state index contributed by atoms with van der Waals surface area (Å²) >= 11 is 0. The third-order valence-corrected chi connectivity index (χ3v) is 6.21. The molecule has 1 fully saturated rings. The number of benzene rings is 1. The van der Waals surface area contributed by atoms with Crippen LogP contribution in [0.3, 0.4) is 0 Å². The topological polar surface area (TPSA) is 63.1 Å². The lowest BCUT2D eigenvalue weighted by Crippen LogP contribution is -2.38. The summed E-state index contributed by atoms with van der Waals surface area (Å²) in [5, 5.41) is 8.44. The zero-order valence-corrected chi connectivity index (χ0v) is 19.1. The number of aromatic nitrogens is 3. The van der Waals surface area contributed by atoms with Crippen LogP contribution in [0.1, 0.15) is 59.9 Å². The van der Waals surface area contributed by atoms with Crippen molar-refractivity contribution in [3.05, 3.63) is 58.9 Å². The Kier molecular flexibility index (Phi) is 6.37. The van der Waals surface area contributed by atoms with Crippen LogP contribution in [0.25, 0.3) is 11.0 Å². The number of pyridine rings is 1. The SMILES string of the molecule is Cc1ccc(CN2CCC(CNC(=O)c3cc(C)nc4c3cnn4C(C)C)CC2)cc1. The van der Waals surface area contributed by atoms with Crippen LogP contribution in [0.5, 0.6) is 0 Å². The molecule has 1 saturated heterocycles. The average molecular weight is 420 g/mol. The molecule has 31 heavy (non-hydrogen) atoms. The fourth-order valence-corrected chi connectivity index (χ4v) is 4.34. The number of carbonyl (C=O) groups excluding carboxylic acids is 1. The Bertz CT molecular complexity index is 1050. The predicted molar refractivity (Wildman–Crippen MR) is 124 cm³/mol. The third-order valence-electron chi connectivity index (χ3n) is 6.21. The van der Waals surface area contributed by atoms with Gasteiger partial charge in [0.2, 0.25) is 0 Å². The lowest BCUT2D eigenvalue weighted by molar-refractivity contribution is 0.0936. The van der Waals surface area contributed by atoms with E-state index in [1.165, 1.54) is 11.1 Å². The molecule has 0 unspecified atom stereocenters. The maximum Gasteiger partial charge on any atom is 0.252 e. The zero-order valence-electron chi connectivity index (χ0n) is 19.1. The maximum atomic E-state index is 13.0. The van der Waals surface area contributed by atoms with E-state index in [9.17, 15) is 4.79 Å². The second-order valence-electron chi connectivity index (χ2n) is 9.15. The van der Waals surface area contributed by atoms with Gasteiger partial charge in [0.05, 0.1) is 17.1 Å². The highest BCUT2D eigenvalue weighted by Gasteiger charge is 2.21. The van der Waals surface area contributed by atoms with Crippen LogP contribution in [-0.2, 0) is 6.54 Å². The van der Waals surface area contributed by atoms with Crippen molar-refractivity contribution in [1.29, 1.82) is 0 Å². The monoisotopic (exact) mass is 419 g/mol. The molecule has 2 aromatic heterocycles. The molecule has 1 aromatic carbocycles. The van der Waals surface area contributed by atoms with Crippen molar-refractivity contribution in [2.45, 2.75) is 53.1 Å². The van der Waals surface area contributed by atoms with E-state index in [1.54, 1.807) is 6.20 Å². The first-order valence-corrected chi connectivity index (χ1v) is 11.3. The van der Waals surface area contributed by atoms with E-state index in [2.05, 4.69) is 65.3 Å². The summed E-state index contributed by atoms with van der Waals surface area (Å²) in [5.74, 6) is 0.496. The molecule has 0 atom stereocenters. The number of nitrogens with one attached hydrogen (secondary N) is 1. The quantitative estimate of drug-likeness (QED) is 0.648. The Morgan fingerprint density at radius 3 is 2.55 bits per heavy atom. The number of fused-ring (bicyclic) bond motifs is 1. The van der Waals surface area contributed by atoms with Crippen molar-refractivity contribution in [3.63, 3.8) is 0 Å². The minimum Gasteiger partial charge on any atom is -0.352 e. The number of hydrogen-bond acceptors (Lipinski definition) is 4. The van der Waals surface area contributed by atoms with Gasteiger partial charge < -0.3 is 5.32 Å². The van der Waals surface area contributed by atoms with Crippen molar-refractivity contribution in [2.75, 3.05) is 19.6 Å². The molecular formula is C25H33N5O. The summed E-state index contributed by atoms with van der Waals surface area (Å²) in [7, 11) is 0. The molecule has 6 heteroatoms. The number of rotatable bonds is 6. The molecule has 3 heterocycles. The molecule has 3 aromatic rings. The lowest BCUT2D eigenvalue weighted by atomic mass is 9.96. The predicted octanol–water partition coefficient (Wildman–Crippen LogP) is 4.27. The molecule has 0 spiro atoms. The minimum atomic E-state index is -0.0270. The molecule has 4 rings (SSSR count). The molecule has 0 aliphatic carbocycles. The van der Waals surface area contributed by atoms with Crippen molar-refractivity contribution in [2.24, 2.45) is 5.92 Å². The molecular weight excluding hydrogens is 386 g/mol. The van der Waals surface area contributed by atoms with E-state index in [1.807, 2.05) is 17.7 Å². The number of nitrogens with zero attached hydrogens (tertiary/aromatic N) is 4. The standard InChI is InChI=1S/C25H33N5O/c1-17(2)30-24-23(15-27-30)22(13-19(4)28-24)25(31)26-14-20-9-11-29(12-10-20)16-21-7-5-18(3)6-8-21/h5-8,13,15,17,20H,9-12,14,16H2,1-4H3,(H,26,31). The van der Waals surface area contributed by atoms with Gasteiger partial charge in [-0.25, -0.2) is 9.67 Å². The van der Waals surface area contributed by atoms with Gasteiger partial charge in [-0.15, -0.1) is 0 Å². The summed E-state index contributed by atoms with van der Waals surface area (Å²) in [6, 6.07) is 10.9. The Balaban J connectivity index is 1.33. The number of hydrogen-bond donors (Lipinski definition) is 1. The van der Waals surface area contributed by atoms with E-state index in [0.717, 1.165) is 55.7 Å². The minimum absolute atomic E-state index is 0.0270. The Morgan fingerprint density at radius 2 is 1.87 bits per heavy atom. The number of amides is 1. The van der Waals surface area contributed by atoms with Crippen LogP contribution in [0, 0.1) is 19.8 Å². The summed E-state index contributed by atoms with van der Waals surface area (Å²) in [4.78, 5) is 20.1. The van der Waals surface area contributed by atoms with Crippen LogP contribution < -0.4 is 5.32 Å². The summed E-state index contributed by atoms with van der Waals surface area (Å²) in [5.41, 5.74) is 4.97. The highest BCUT2D eigenvalue weighted by atomic mass is 16.1. The molecule has 0 saturated carbocycles. The van der Waals surface area contributed by atoms with E-state index in [0.29, 0.717) is 11.5 Å². The number of likely N-dealkylation sites (tertiary alicyclic amines) is 1. The largest absolute Gasteiger partial charge is 0.352 e. The second-order valence-corrected chi connectivity index (χ2v) is 9.15. The summed E-state index contributed by atoms with van der Waals surface area (Å²) < 4.78 is 1.88. The molecule has 1 amide bonds. The van der Waals surface area contributed by atoms with Gasteiger partial charge in [0.25, 0.3) is 5.91 Å². The Morgan fingerprint density at radius 1 is 1.16 bits per heavy atom. The highest BCUT2D eigenvalue weighted by molar-refractivity contribution is 6.05. The van der Waals surface area contributed by atoms with Gasteiger partial charge >= 0.3 is 0 Å². The molecule has 6 nitrogen and oxygen atoms in total. The maximum absolute atomic E-state index is 13.0. The van der Waals surface area contributed by atoms with Crippen molar-refractivity contribution < 1.29 is 4.79 Å². The smallest absolute Gasteiger partial charge is 0.252 e. The Hall–Kier alpha value is -2.73. The van der Waals surface area contributed by atoms with E-state index < -0.39 is 0 Å². The van der Waals surface area contributed by atoms with Gasteiger partial charge in [0, 0.05) is 24.8 Å². The lowest BCUT2D eigenvalue weighted by Gasteiger charge is -2.32. The summed E-state index contributed by atoms with van der Waals surface area (Å²) in [6.45, 7) is 12.1. The van der Waals surface area contributed by atoms with E-state index >= 15 is 0 Å². The molecule has 0 bridgehead atoms. The molecule has 1 aliphatic rings. The van der Waals surface area contributed by atoms with Crippen LogP contribution in [0.2, 0.25) is 0 Å². The number of carbonyl (C=O) groups is 1. The van der Waals surface area contributed by atoms with Crippen LogP contribution >= 0.6 is 0 Å².